The van der Waals surface area contributed by atoms with Gasteiger partial charge < -0.3 is 5.32 Å². The average molecular weight is 454 g/mol. The first kappa shape index (κ1) is 19.2. The van der Waals surface area contributed by atoms with Gasteiger partial charge in [-0.25, -0.2) is 8.91 Å². The van der Waals surface area contributed by atoms with Gasteiger partial charge >= 0.3 is 0 Å². The number of fused-ring (bicyclic) bond motifs is 1. The van der Waals surface area contributed by atoms with Crippen molar-refractivity contribution >= 4 is 33.2 Å². The lowest BCUT2D eigenvalue weighted by Crippen LogP contribution is -2.18. The molecule has 1 amide bonds. The number of aromatic nitrogens is 4. The molecule has 0 aliphatic carbocycles. The van der Waals surface area contributed by atoms with Crippen LogP contribution in [0.1, 0.15) is 28.8 Å². The highest BCUT2D eigenvalue weighted by Crippen LogP contribution is 2.29. The minimum absolute atomic E-state index is 0.161. The van der Waals surface area contributed by atoms with Gasteiger partial charge in [0.25, 0.3) is 5.91 Å². The van der Waals surface area contributed by atoms with Crippen LogP contribution >= 0.6 is 15.9 Å². The molecule has 2 heterocycles. The molecule has 0 radical (unpaired) electrons. The lowest BCUT2D eigenvalue weighted by atomic mass is 10.0. The highest BCUT2D eigenvalue weighted by molar-refractivity contribution is 9.10. The lowest BCUT2D eigenvalue weighted by Gasteiger charge is -2.08. The molecule has 0 unspecified atom stereocenters. The molecule has 0 aliphatic rings. The third-order valence-electron chi connectivity index (χ3n) is 4.62. The highest BCUT2D eigenvalue weighted by atomic mass is 79.9. The van der Waals surface area contributed by atoms with E-state index in [0.29, 0.717) is 23.4 Å². The fourth-order valence-electron chi connectivity index (χ4n) is 3.14. The molecule has 0 atom stereocenters. The third-order valence-corrected chi connectivity index (χ3v) is 5.15. The summed E-state index contributed by atoms with van der Waals surface area (Å²) in [6.45, 7) is 3.80. The SMILES string of the molecule is CCc1nn2c(C)c(C(=O)Nc3ccc(F)cc3)nnc2c1-c1ccc(Br)cc1. The Morgan fingerprint density at radius 1 is 1.10 bits per heavy atom. The zero-order valence-corrected chi connectivity index (χ0v) is 17.4. The average Bonchev–Trinajstić information content (AvgIpc) is 3.10. The summed E-state index contributed by atoms with van der Waals surface area (Å²) in [7, 11) is 0. The molecular formula is C21H17BrFN5O. The summed E-state index contributed by atoms with van der Waals surface area (Å²) in [5.74, 6) is -0.799. The molecule has 0 spiro atoms. The molecule has 0 saturated heterocycles. The van der Waals surface area contributed by atoms with Crippen LogP contribution < -0.4 is 5.32 Å². The van der Waals surface area contributed by atoms with Gasteiger partial charge in [-0.15, -0.1) is 10.2 Å². The number of hydrogen-bond acceptors (Lipinski definition) is 4. The predicted octanol–water partition coefficient (Wildman–Crippen LogP) is 4.82. The van der Waals surface area contributed by atoms with Crippen LogP contribution in [0.2, 0.25) is 0 Å². The molecule has 4 rings (SSSR count). The summed E-state index contributed by atoms with van der Waals surface area (Å²) in [6, 6.07) is 13.4. The van der Waals surface area contributed by atoms with Crippen molar-refractivity contribution in [3.8, 4) is 11.1 Å². The monoisotopic (exact) mass is 453 g/mol. The van der Waals surface area contributed by atoms with E-state index in [0.717, 1.165) is 21.3 Å². The maximum atomic E-state index is 13.1. The number of nitrogens with zero attached hydrogens (tertiary/aromatic N) is 4. The Morgan fingerprint density at radius 3 is 2.45 bits per heavy atom. The van der Waals surface area contributed by atoms with E-state index in [-0.39, 0.29) is 11.5 Å². The van der Waals surface area contributed by atoms with Gasteiger partial charge in [-0.3, -0.25) is 4.79 Å². The Bertz CT molecular complexity index is 1200. The van der Waals surface area contributed by atoms with Crippen molar-refractivity contribution in [1.29, 1.82) is 0 Å². The Hall–Kier alpha value is -3.13. The number of carbonyl (C=O) groups excluding carboxylic acids is 1. The summed E-state index contributed by atoms with van der Waals surface area (Å²) in [4.78, 5) is 12.7. The van der Waals surface area contributed by atoms with Crippen molar-refractivity contribution in [1.82, 2.24) is 19.8 Å². The third kappa shape index (κ3) is 3.63. The Balaban J connectivity index is 1.77. The number of halogens is 2. The van der Waals surface area contributed by atoms with Crippen molar-refractivity contribution in [2.45, 2.75) is 20.3 Å². The predicted molar refractivity (Wildman–Crippen MR) is 112 cm³/mol. The van der Waals surface area contributed by atoms with Crippen molar-refractivity contribution in [2.24, 2.45) is 0 Å². The first-order valence-electron chi connectivity index (χ1n) is 9.05. The van der Waals surface area contributed by atoms with Crippen LogP contribution in [0.15, 0.2) is 53.0 Å². The molecule has 0 saturated carbocycles. The van der Waals surface area contributed by atoms with E-state index in [9.17, 15) is 9.18 Å². The molecule has 0 bridgehead atoms. The van der Waals surface area contributed by atoms with Gasteiger partial charge in [-0.1, -0.05) is 35.0 Å². The van der Waals surface area contributed by atoms with Gasteiger partial charge in [0.05, 0.1) is 17.0 Å². The first-order chi connectivity index (χ1) is 14.0. The second kappa shape index (κ2) is 7.71. The quantitative estimate of drug-likeness (QED) is 0.480. The van der Waals surface area contributed by atoms with Crippen LogP contribution in [-0.4, -0.2) is 25.7 Å². The van der Waals surface area contributed by atoms with Crippen LogP contribution in [0.3, 0.4) is 0 Å². The molecule has 8 heteroatoms. The standard InChI is InChI=1S/C21H17BrFN5O/c1-3-17-18(13-4-6-14(22)7-5-13)20-26-25-19(12(2)28(20)27-17)21(29)24-16-10-8-15(23)9-11-16/h4-11H,3H2,1-2H3,(H,24,29). The normalized spacial score (nSPS) is 11.0. The Kier molecular flexibility index (Phi) is 5.10. The van der Waals surface area contributed by atoms with E-state index in [1.165, 1.54) is 24.3 Å². The van der Waals surface area contributed by atoms with Crippen LogP contribution in [0, 0.1) is 12.7 Å². The van der Waals surface area contributed by atoms with E-state index in [1.54, 1.807) is 11.4 Å². The van der Waals surface area contributed by atoms with Crippen molar-refractivity contribution < 1.29 is 9.18 Å². The molecule has 0 aliphatic heterocycles. The lowest BCUT2D eigenvalue weighted by molar-refractivity contribution is 0.102. The maximum Gasteiger partial charge on any atom is 0.278 e. The zero-order valence-electron chi connectivity index (χ0n) is 15.8. The van der Waals surface area contributed by atoms with Gasteiger partial charge in [0, 0.05) is 10.2 Å². The largest absolute Gasteiger partial charge is 0.321 e. The van der Waals surface area contributed by atoms with Crippen molar-refractivity contribution in [3.63, 3.8) is 0 Å². The van der Waals surface area contributed by atoms with E-state index in [4.69, 9.17) is 0 Å². The van der Waals surface area contributed by atoms with Crippen molar-refractivity contribution in [2.75, 3.05) is 5.32 Å². The summed E-state index contributed by atoms with van der Waals surface area (Å²) >= 11 is 3.45. The van der Waals surface area contributed by atoms with E-state index in [1.807, 2.05) is 31.2 Å². The number of hydrogen-bond donors (Lipinski definition) is 1. The summed E-state index contributed by atoms with van der Waals surface area (Å²) in [5.41, 5.74) is 4.57. The second-order valence-electron chi connectivity index (χ2n) is 6.51. The number of nitrogens with one attached hydrogen (secondary N) is 1. The fourth-order valence-corrected chi connectivity index (χ4v) is 3.41. The molecule has 6 nitrogen and oxygen atoms in total. The van der Waals surface area contributed by atoms with Crippen LogP contribution in [0.25, 0.3) is 16.8 Å². The van der Waals surface area contributed by atoms with Crippen LogP contribution in [-0.2, 0) is 6.42 Å². The van der Waals surface area contributed by atoms with Gasteiger partial charge in [0.15, 0.2) is 11.3 Å². The number of carbonyl (C=O) groups is 1. The molecular weight excluding hydrogens is 437 g/mol. The summed E-state index contributed by atoms with van der Waals surface area (Å²) < 4.78 is 15.7. The van der Waals surface area contributed by atoms with Gasteiger partial charge in [0.1, 0.15) is 5.82 Å². The van der Waals surface area contributed by atoms with E-state index >= 15 is 0 Å². The van der Waals surface area contributed by atoms with E-state index < -0.39 is 5.91 Å². The Morgan fingerprint density at radius 2 is 1.79 bits per heavy atom. The number of rotatable bonds is 4. The number of benzene rings is 2. The van der Waals surface area contributed by atoms with Crippen LogP contribution in [0.5, 0.6) is 0 Å². The smallest absolute Gasteiger partial charge is 0.278 e. The zero-order chi connectivity index (χ0) is 20.5. The molecule has 4 aromatic rings. The number of aryl methyl sites for hydroxylation is 2. The molecule has 146 valence electrons. The highest BCUT2D eigenvalue weighted by Gasteiger charge is 2.21. The maximum absolute atomic E-state index is 13.1. The molecule has 2 aromatic carbocycles. The second-order valence-corrected chi connectivity index (χ2v) is 7.43. The number of anilines is 1. The molecule has 0 fully saturated rings. The molecule has 1 N–H and O–H groups in total. The van der Waals surface area contributed by atoms with E-state index in [2.05, 4.69) is 36.5 Å². The minimum atomic E-state index is -0.428. The first-order valence-corrected chi connectivity index (χ1v) is 9.85. The summed E-state index contributed by atoms with van der Waals surface area (Å²) in [5, 5.41) is 15.8. The molecule has 2 aromatic heterocycles. The topological polar surface area (TPSA) is 72.2 Å². The Labute approximate surface area is 174 Å². The number of amides is 1. The minimum Gasteiger partial charge on any atom is -0.321 e. The van der Waals surface area contributed by atoms with Crippen LogP contribution in [0.4, 0.5) is 10.1 Å². The van der Waals surface area contributed by atoms with Gasteiger partial charge in [-0.05, 0) is 55.3 Å². The fraction of sp³-hybridized carbons (Fsp3) is 0.143. The van der Waals surface area contributed by atoms with Gasteiger partial charge in [-0.2, -0.15) is 5.10 Å². The van der Waals surface area contributed by atoms with Gasteiger partial charge in [0.2, 0.25) is 0 Å². The summed E-state index contributed by atoms with van der Waals surface area (Å²) in [6.07, 6.45) is 0.714. The molecule has 29 heavy (non-hydrogen) atoms. The van der Waals surface area contributed by atoms with Crippen molar-refractivity contribution in [3.05, 3.63) is 75.9 Å².